The van der Waals surface area contributed by atoms with Gasteiger partial charge in [0.1, 0.15) is 6.04 Å². The zero-order valence-electron chi connectivity index (χ0n) is 16.0. The zero-order valence-corrected chi connectivity index (χ0v) is 16.0. The maximum absolute atomic E-state index is 12.9. The van der Waals surface area contributed by atoms with Gasteiger partial charge in [0.15, 0.2) is 5.82 Å². The van der Waals surface area contributed by atoms with Gasteiger partial charge >= 0.3 is 0 Å². The van der Waals surface area contributed by atoms with E-state index >= 15 is 0 Å². The second-order valence-electron chi connectivity index (χ2n) is 7.04. The van der Waals surface area contributed by atoms with E-state index in [1.807, 2.05) is 12.1 Å². The summed E-state index contributed by atoms with van der Waals surface area (Å²) in [7, 11) is 0. The second-order valence-corrected chi connectivity index (χ2v) is 7.04. The number of nitrogens with zero attached hydrogens (tertiary/aromatic N) is 3. The summed E-state index contributed by atoms with van der Waals surface area (Å²) < 4.78 is 1.22. The fourth-order valence-corrected chi connectivity index (χ4v) is 3.34. The van der Waals surface area contributed by atoms with Crippen molar-refractivity contribution in [3.05, 3.63) is 75.3 Å². The number of fused-ring (bicyclic) bond motifs is 1. The summed E-state index contributed by atoms with van der Waals surface area (Å²) >= 11 is 0. The molecule has 0 radical (unpaired) electrons. The molecular formula is C21H21N5O2. The normalized spacial score (nSPS) is 16.0. The minimum atomic E-state index is -0.339. The molecule has 1 unspecified atom stereocenters. The third-order valence-corrected chi connectivity index (χ3v) is 4.98. The Kier molecular flexibility index (Phi) is 4.43. The lowest BCUT2D eigenvalue weighted by atomic mass is 9.99. The Labute approximate surface area is 162 Å². The molecule has 7 nitrogen and oxygen atoms in total. The molecule has 2 N–H and O–H groups in total. The number of hydrogen-bond donors (Lipinski definition) is 2. The van der Waals surface area contributed by atoms with Crippen molar-refractivity contribution in [2.45, 2.75) is 33.2 Å². The van der Waals surface area contributed by atoms with Crippen LogP contribution in [-0.4, -0.2) is 21.3 Å². The second kappa shape index (κ2) is 6.92. The first-order valence-corrected chi connectivity index (χ1v) is 9.13. The van der Waals surface area contributed by atoms with Crippen molar-refractivity contribution >= 4 is 22.5 Å². The molecule has 2 aromatic carbocycles. The van der Waals surface area contributed by atoms with E-state index in [-0.39, 0.29) is 17.5 Å². The van der Waals surface area contributed by atoms with Crippen LogP contribution in [0, 0.1) is 13.8 Å². The molecule has 1 atom stereocenters. The Balaban J connectivity index is 1.74. The molecule has 0 saturated heterocycles. The van der Waals surface area contributed by atoms with Crippen molar-refractivity contribution in [2.24, 2.45) is 5.10 Å². The van der Waals surface area contributed by atoms with Crippen LogP contribution < -0.4 is 16.4 Å². The number of hydrazone groups is 1. The highest BCUT2D eigenvalue weighted by Crippen LogP contribution is 2.24. The van der Waals surface area contributed by atoms with E-state index < -0.39 is 0 Å². The van der Waals surface area contributed by atoms with E-state index in [0.29, 0.717) is 23.1 Å². The maximum Gasteiger partial charge on any atom is 0.280 e. The predicted molar refractivity (Wildman–Crippen MR) is 109 cm³/mol. The Bertz CT molecular complexity index is 1180. The van der Waals surface area contributed by atoms with Gasteiger partial charge in [-0.05, 0) is 48.7 Å². The number of carbonyl (C=O) groups excluding carboxylic acids is 1. The van der Waals surface area contributed by atoms with E-state index in [1.54, 1.807) is 18.2 Å². The van der Waals surface area contributed by atoms with Crippen LogP contribution in [0.25, 0.3) is 10.9 Å². The van der Waals surface area contributed by atoms with Gasteiger partial charge in [-0.15, -0.1) is 0 Å². The molecule has 1 aliphatic rings. The molecule has 1 aromatic heterocycles. The molecule has 1 amide bonds. The summed E-state index contributed by atoms with van der Waals surface area (Å²) in [5, 5.41) is 4.92. The molecule has 28 heavy (non-hydrogen) atoms. The summed E-state index contributed by atoms with van der Waals surface area (Å²) in [6.07, 6.45) is 0.562. The topological polar surface area (TPSA) is 88.4 Å². The number of nitrogens with one attached hydrogen (secondary N) is 2. The number of hydrogen-bond acceptors (Lipinski definition) is 5. The van der Waals surface area contributed by atoms with Crippen LogP contribution in [0.3, 0.4) is 0 Å². The molecule has 2 heterocycles. The van der Waals surface area contributed by atoms with Crippen molar-refractivity contribution in [2.75, 3.05) is 5.43 Å². The number of aryl methyl sites for hydroxylation is 2. The predicted octanol–water partition coefficient (Wildman–Crippen LogP) is 2.54. The van der Waals surface area contributed by atoms with E-state index in [9.17, 15) is 9.59 Å². The average Bonchev–Trinajstić information content (AvgIpc) is 3.16. The number of para-hydroxylation sites is 1. The van der Waals surface area contributed by atoms with E-state index in [4.69, 9.17) is 0 Å². The molecule has 0 saturated carbocycles. The van der Waals surface area contributed by atoms with Crippen LogP contribution in [0.4, 0.5) is 0 Å². The summed E-state index contributed by atoms with van der Waals surface area (Å²) in [4.78, 5) is 29.2. The summed E-state index contributed by atoms with van der Waals surface area (Å²) in [6, 6.07) is 13.0. The van der Waals surface area contributed by atoms with Crippen molar-refractivity contribution in [3.63, 3.8) is 0 Å². The fourth-order valence-electron chi connectivity index (χ4n) is 3.34. The van der Waals surface area contributed by atoms with Gasteiger partial charge in [0, 0.05) is 13.3 Å². The molecule has 4 rings (SSSR count). The standard InChI is InChI=1S/C21H21N5O2/c1-12-8-9-15(10-13(12)2)18-11-19(24-23-18)20-22-17-7-5-4-6-16(17)21(28)26(20)25-14(3)27/h4-10,19,24H,11H2,1-3H3,(H,25,27). The van der Waals surface area contributed by atoms with E-state index in [2.05, 4.69) is 46.9 Å². The Morgan fingerprint density at radius 2 is 1.96 bits per heavy atom. The maximum atomic E-state index is 12.9. The summed E-state index contributed by atoms with van der Waals surface area (Å²) in [6.45, 7) is 5.50. The van der Waals surface area contributed by atoms with Crippen LogP contribution in [0.15, 0.2) is 52.4 Å². The third kappa shape index (κ3) is 3.15. The molecule has 7 heteroatoms. The van der Waals surface area contributed by atoms with Gasteiger partial charge in [0.2, 0.25) is 5.91 Å². The lowest BCUT2D eigenvalue weighted by Gasteiger charge is -2.17. The zero-order chi connectivity index (χ0) is 19.8. The van der Waals surface area contributed by atoms with Gasteiger partial charge in [-0.2, -0.15) is 5.10 Å². The highest BCUT2D eigenvalue weighted by Gasteiger charge is 2.27. The smallest absolute Gasteiger partial charge is 0.280 e. The van der Waals surface area contributed by atoms with Gasteiger partial charge in [0.05, 0.1) is 16.6 Å². The molecule has 0 aliphatic carbocycles. The van der Waals surface area contributed by atoms with Crippen molar-refractivity contribution < 1.29 is 4.79 Å². The first-order chi connectivity index (χ1) is 13.4. The van der Waals surface area contributed by atoms with Crippen LogP contribution in [-0.2, 0) is 4.79 Å². The van der Waals surface area contributed by atoms with Crippen LogP contribution in [0.2, 0.25) is 0 Å². The minimum Gasteiger partial charge on any atom is -0.299 e. The van der Waals surface area contributed by atoms with Crippen LogP contribution >= 0.6 is 0 Å². The largest absolute Gasteiger partial charge is 0.299 e. The molecule has 142 valence electrons. The highest BCUT2D eigenvalue weighted by molar-refractivity contribution is 6.02. The Morgan fingerprint density at radius 1 is 1.18 bits per heavy atom. The van der Waals surface area contributed by atoms with Crippen molar-refractivity contribution in [1.82, 2.24) is 15.1 Å². The monoisotopic (exact) mass is 375 g/mol. The average molecular weight is 375 g/mol. The van der Waals surface area contributed by atoms with Gasteiger partial charge in [-0.25, -0.2) is 9.66 Å². The lowest BCUT2D eigenvalue weighted by Crippen LogP contribution is -2.37. The number of benzene rings is 2. The fraction of sp³-hybridized carbons (Fsp3) is 0.238. The number of aromatic nitrogens is 2. The third-order valence-electron chi connectivity index (χ3n) is 4.98. The van der Waals surface area contributed by atoms with Gasteiger partial charge in [0.25, 0.3) is 5.56 Å². The molecular weight excluding hydrogens is 354 g/mol. The minimum absolute atomic E-state index is 0.308. The summed E-state index contributed by atoms with van der Waals surface area (Å²) in [5.41, 5.74) is 10.3. The van der Waals surface area contributed by atoms with Gasteiger partial charge in [-0.3, -0.25) is 20.4 Å². The molecule has 1 aliphatic heterocycles. The molecule has 3 aromatic rings. The Hall–Kier alpha value is -3.48. The van der Waals surface area contributed by atoms with Crippen molar-refractivity contribution in [1.29, 1.82) is 0 Å². The highest BCUT2D eigenvalue weighted by atomic mass is 16.2. The number of rotatable bonds is 3. The lowest BCUT2D eigenvalue weighted by molar-refractivity contribution is -0.115. The van der Waals surface area contributed by atoms with Gasteiger partial charge < -0.3 is 0 Å². The van der Waals surface area contributed by atoms with Gasteiger partial charge in [-0.1, -0.05) is 24.3 Å². The van der Waals surface area contributed by atoms with E-state index in [0.717, 1.165) is 11.3 Å². The SMILES string of the molecule is CC(=O)Nn1c(C2CC(c3ccc(C)c(C)c3)=NN2)nc2ccccc2c1=O. The van der Waals surface area contributed by atoms with E-state index in [1.165, 1.54) is 22.7 Å². The number of carbonyl (C=O) groups is 1. The quantitative estimate of drug-likeness (QED) is 0.736. The molecule has 0 fully saturated rings. The van der Waals surface area contributed by atoms with Crippen LogP contribution in [0.1, 0.15) is 41.9 Å². The Morgan fingerprint density at radius 3 is 2.71 bits per heavy atom. The first-order valence-electron chi connectivity index (χ1n) is 9.13. The first kappa shape index (κ1) is 17.9. The number of amides is 1. The van der Waals surface area contributed by atoms with Crippen molar-refractivity contribution in [3.8, 4) is 0 Å². The summed E-state index contributed by atoms with van der Waals surface area (Å²) in [5.74, 6) is 0.0928. The molecule has 0 spiro atoms. The van der Waals surface area contributed by atoms with Crippen LogP contribution in [0.5, 0.6) is 0 Å². The molecule has 0 bridgehead atoms.